The fraction of sp³-hybridized carbons (Fsp3) is 0.286. The Morgan fingerprint density at radius 2 is 1.59 bits per heavy atom. The highest BCUT2D eigenvalue weighted by Gasteiger charge is 2.29. The third kappa shape index (κ3) is 4.34. The number of hydrogen-bond acceptors (Lipinski definition) is 3. The van der Waals surface area contributed by atoms with Crippen molar-refractivity contribution in [3.05, 3.63) is 59.7 Å². The molecule has 2 aromatic carbocycles. The van der Waals surface area contributed by atoms with E-state index in [0.717, 1.165) is 25.7 Å². The van der Waals surface area contributed by atoms with Gasteiger partial charge in [0.1, 0.15) is 0 Å². The van der Waals surface area contributed by atoms with Gasteiger partial charge < -0.3 is 16.0 Å². The van der Waals surface area contributed by atoms with Crippen molar-refractivity contribution in [1.29, 1.82) is 0 Å². The maximum Gasteiger partial charge on any atom is 0.255 e. The second kappa shape index (κ2) is 7.23. The van der Waals surface area contributed by atoms with E-state index in [-0.39, 0.29) is 29.7 Å². The van der Waals surface area contributed by atoms with Gasteiger partial charge >= 0.3 is 0 Å². The molecule has 0 atom stereocenters. The van der Waals surface area contributed by atoms with Gasteiger partial charge in [0.2, 0.25) is 5.91 Å². The second-order valence-corrected chi connectivity index (χ2v) is 7.09. The van der Waals surface area contributed by atoms with Crippen LogP contribution in [0.25, 0.3) is 0 Å². The van der Waals surface area contributed by atoms with Gasteiger partial charge in [-0.2, -0.15) is 0 Å². The first-order chi connectivity index (χ1) is 13.1. The van der Waals surface area contributed by atoms with Crippen molar-refractivity contribution >= 4 is 29.1 Å². The summed E-state index contributed by atoms with van der Waals surface area (Å²) in [6.07, 6.45) is 3.84. The summed E-state index contributed by atoms with van der Waals surface area (Å²) in [6.45, 7) is 0. The van der Waals surface area contributed by atoms with Gasteiger partial charge in [-0.05, 0) is 56.0 Å². The molecule has 0 saturated heterocycles. The van der Waals surface area contributed by atoms with Crippen molar-refractivity contribution in [2.75, 3.05) is 10.6 Å². The van der Waals surface area contributed by atoms with Crippen LogP contribution >= 0.6 is 0 Å². The van der Waals surface area contributed by atoms with Gasteiger partial charge in [-0.1, -0.05) is 18.2 Å². The van der Waals surface area contributed by atoms with Crippen LogP contribution in [0.15, 0.2) is 48.5 Å². The third-order valence-electron chi connectivity index (χ3n) is 4.67. The summed E-state index contributed by atoms with van der Waals surface area (Å²) in [5.74, 6) is -0.419. The van der Waals surface area contributed by atoms with Gasteiger partial charge in [-0.25, -0.2) is 0 Å². The van der Waals surface area contributed by atoms with E-state index in [2.05, 4.69) is 16.0 Å². The van der Waals surface area contributed by atoms with Crippen LogP contribution in [0.4, 0.5) is 11.4 Å². The Morgan fingerprint density at radius 1 is 0.815 bits per heavy atom. The normalized spacial score (nSPS) is 15.7. The van der Waals surface area contributed by atoms with Crippen LogP contribution < -0.4 is 16.0 Å². The lowest BCUT2D eigenvalue weighted by molar-refractivity contribution is -0.117. The quantitative estimate of drug-likeness (QED) is 0.737. The first kappa shape index (κ1) is 17.3. The zero-order valence-corrected chi connectivity index (χ0v) is 14.8. The van der Waals surface area contributed by atoms with E-state index in [1.54, 1.807) is 48.5 Å². The topological polar surface area (TPSA) is 87.3 Å². The SMILES string of the molecule is O=C(Nc1ccccc1C(=O)NC1CC1)c1cccc(NC(=O)C2CC2)c1. The summed E-state index contributed by atoms with van der Waals surface area (Å²) in [4.78, 5) is 36.9. The Bertz CT molecular complexity index is 901. The predicted molar refractivity (Wildman–Crippen MR) is 103 cm³/mol. The molecule has 138 valence electrons. The van der Waals surface area contributed by atoms with E-state index in [1.807, 2.05) is 0 Å². The Balaban J connectivity index is 1.47. The number of para-hydroxylation sites is 1. The first-order valence-electron chi connectivity index (χ1n) is 9.22. The molecular formula is C21H21N3O3. The zero-order chi connectivity index (χ0) is 18.8. The van der Waals surface area contributed by atoms with Gasteiger partial charge in [0.05, 0.1) is 11.3 Å². The molecule has 2 fully saturated rings. The number of benzene rings is 2. The summed E-state index contributed by atoms with van der Waals surface area (Å²) in [5, 5.41) is 8.58. The standard InChI is InChI=1S/C21H21N3O3/c25-19(13-8-9-13)23-16-5-3-4-14(12-16)20(26)24-18-7-2-1-6-17(18)21(27)22-15-10-11-15/h1-7,12-13,15H,8-11H2,(H,22,27)(H,23,25)(H,24,26). The molecule has 2 aliphatic carbocycles. The Morgan fingerprint density at radius 3 is 2.33 bits per heavy atom. The number of anilines is 2. The van der Waals surface area contributed by atoms with Crippen LogP contribution in [-0.2, 0) is 4.79 Å². The van der Waals surface area contributed by atoms with E-state index in [9.17, 15) is 14.4 Å². The van der Waals surface area contributed by atoms with Crippen molar-refractivity contribution in [2.45, 2.75) is 31.7 Å². The molecule has 0 unspecified atom stereocenters. The molecule has 3 N–H and O–H groups in total. The minimum Gasteiger partial charge on any atom is -0.349 e. The average molecular weight is 363 g/mol. The van der Waals surface area contributed by atoms with Crippen molar-refractivity contribution in [2.24, 2.45) is 5.92 Å². The molecule has 2 aromatic rings. The molecule has 0 spiro atoms. The monoisotopic (exact) mass is 363 g/mol. The number of hydrogen-bond donors (Lipinski definition) is 3. The fourth-order valence-corrected chi connectivity index (χ4v) is 2.80. The highest BCUT2D eigenvalue weighted by atomic mass is 16.2. The molecule has 2 saturated carbocycles. The Hall–Kier alpha value is -3.15. The van der Waals surface area contributed by atoms with Gasteiger partial charge in [-0.15, -0.1) is 0 Å². The minimum absolute atomic E-state index is 0.00495. The summed E-state index contributed by atoms with van der Waals surface area (Å²) in [6, 6.07) is 14.0. The number of rotatable bonds is 6. The maximum atomic E-state index is 12.7. The van der Waals surface area contributed by atoms with E-state index in [0.29, 0.717) is 22.5 Å². The molecule has 6 heteroatoms. The van der Waals surface area contributed by atoms with Gasteiger partial charge in [0.25, 0.3) is 11.8 Å². The van der Waals surface area contributed by atoms with E-state index < -0.39 is 0 Å². The van der Waals surface area contributed by atoms with Crippen LogP contribution in [0.2, 0.25) is 0 Å². The highest BCUT2D eigenvalue weighted by Crippen LogP contribution is 2.30. The molecule has 6 nitrogen and oxygen atoms in total. The van der Waals surface area contributed by atoms with Crippen molar-refractivity contribution in [1.82, 2.24) is 5.32 Å². The average Bonchev–Trinajstić information content (AvgIpc) is 3.55. The Kier molecular flexibility index (Phi) is 4.62. The molecule has 0 aliphatic heterocycles. The summed E-state index contributed by atoms with van der Waals surface area (Å²) >= 11 is 0. The van der Waals surface area contributed by atoms with Crippen molar-refractivity contribution < 1.29 is 14.4 Å². The zero-order valence-electron chi connectivity index (χ0n) is 14.8. The predicted octanol–water partition coefficient (Wildman–Crippen LogP) is 3.18. The molecule has 4 rings (SSSR count). The smallest absolute Gasteiger partial charge is 0.255 e. The second-order valence-electron chi connectivity index (χ2n) is 7.09. The van der Waals surface area contributed by atoms with Gasteiger partial charge in [0.15, 0.2) is 0 Å². The lowest BCUT2D eigenvalue weighted by atomic mass is 10.1. The molecule has 0 radical (unpaired) electrons. The highest BCUT2D eigenvalue weighted by molar-refractivity contribution is 6.09. The lowest BCUT2D eigenvalue weighted by Crippen LogP contribution is -2.27. The molecule has 0 heterocycles. The molecule has 3 amide bonds. The van der Waals surface area contributed by atoms with Crippen LogP contribution in [0.1, 0.15) is 46.4 Å². The molecule has 27 heavy (non-hydrogen) atoms. The molecular weight excluding hydrogens is 342 g/mol. The Labute approximate surface area is 157 Å². The molecule has 0 aromatic heterocycles. The molecule has 2 aliphatic rings. The summed E-state index contributed by atoms with van der Waals surface area (Å²) in [5.41, 5.74) is 1.92. The maximum absolute atomic E-state index is 12.7. The summed E-state index contributed by atoms with van der Waals surface area (Å²) in [7, 11) is 0. The van der Waals surface area contributed by atoms with E-state index in [1.165, 1.54) is 0 Å². The van der Waals surface area contributed by atoms with E-state index in [4.69, 9.17) is 0 Å². The fourth-order valence-electron chi connectivity index (χ4n) is 2.80. The van der Waals surface area contributed by atoms with Crippen LogP contribution in [0, 0.1) is 5.92 Å². The third-order valence-corrected chi connectivity index (χ3v) is 4.67. The number of amides is 3. The van der Waals surface area contributed by atoms with Crippen LogP contribution in [0.5, 0.6) is 0 Å². The van der Waals surface area contributed by atoms with E-state index >= 15 is 0 Å². The molecule has 0 bridgehead atoms. The largest absolute Gasteiger partial charge is 0.349 e. The van der Waals surface area contributed by atoms with Gasteiger partial charge in [0, 0.05) is 23.2 Å². The minimum atomic E-state index is -0.329. The van der Waals surface area contributed by atoms with Crippen molar-refractivity contribution in [3.63, 3.8) is 0 Å². The van der Waals surface area contributed by atoms with Crippen LogP contribution in [-0.4, -0.2) is 23.8 Å². The number of carbonyl (C=O) groups is 3. The van der Waals surface area contributed by atoms with Gasteiger partial charge in [-0.3, -0.25) is 14.4 Å². The van der Waals surface area contributed by atoms with Crippen molar-refractivity contribution in [3.8, 4) is 0 Å². The summed E-state index contributed by atoms with van der Waals surface area (Å²) < 4.78 is 0. The number of carbonyl (C=O) groups excluding carboxylic acids is 3. The first-order valence-corrected chi connectivity index (χ1v) is 9.22. The lowest BCUT2D eigenvalue weighted by Gasteiger charge is -2.12. The van der Waals surface area contributed by atoms with Crippen LogP contribution in [0.3, 0.4) is 0 Å². The number of nitrogens with one attached hydrogen (secondary N) is 3.